The molecule has 0 bridgehead atoms. The number of rotatable bonds is 3. The molecule has 2 aromatic carbocycles. The minimum absolute atomic E-state index is 0.0666. The predicted octanol–water partition coefficient (Wildman–Crippen LogP) is 3.10. The predicted molar refractivity (Wildman–Crippen MR) is 113 cm³/mol. The van der Waals surface area contributed by atoms with Crippen molar-refractivity contribution in [2.75, 3.05) is 0 Å². The summed E-state index contributed by atoms with van der Waals surface area (Å²) in [4.78, 5) is 13.2. The Morgan fingerprint density at radius 3 is 2.36 bits per heavy atom. The lowest BCUT2D eigenvalue weighted by atomic mass is 10.1. The van der Waals surface area contributed by atoms with E-state index >= 15 is 0 Å². The number of nitrogens with zero attached hydrogens (tertiary/aromatic N) is 3. The second-order valence-electron chi connectivity index (χ2n) is 6.54. The molecule has 0 fully saturated rings. The Morgan fingerprint density at radius 1 is 1.11 bits per heavy atom. The molecule has 0 aliphatic rings. The first kappa shape index (κ1) is 19.4. The molecular weight excluding hydrogens is 366 g/mol. The molecule has 1 aromatic heterocycles. The number of thiazole rings is 1. The van der Waals surface area contributed by atoms with E-state index in [-0.39, 0.29) is 11.1 Å². The van der Waals surface area contributed by atoms with E-state index in [2.05, 4.69) is 6.92 Å². The zero-order chi connectivity index (χ0) is 20.3. The third-order valence-corrected chi connectivity index (χ3v) is 5.63. The van der Waals surface area contributed by atoms with Gasteiger partial charge in [0.15, 0.2) is 5.57 Å². The van der Waals surface area contributed by atoms with Gasteiger partial charge in [0.2, 0.25) is 0 Å². The van der Waals surface area contributed by atoms with Crippen LogP contribution in [0.25, 0.3) is 17.3 Å². The summed E-state index contributed by atoms with van der Waals surface area (Å²) in [6.07, 6.45) is 2.76. The molecular formula is C23H19N3OS. The minimum Gasteiger partial charge on any atom is -0.267 e. The Hall–Kier alpha value is -3.41. The molecule has 0 saturated carbocycles. The van der Waals surface area contributed by atoms with Gasteiger partial charge in [-0.15, -0.1) is 11.3 Å². The Kier molecular flexibility index (Phi) is 5.59. The lowest BCUT2D eigenvalue weighted by Crippen LogP contribution is -2.31. The van der Waals surface area contributed by atoms with E-state index in [1.54, 1.807) is 0 Å². The Labute approximate surface area is 167 Å². The fraction of sp³-hybridized carbons (Fsp3) is 0.174. The fourth-order valence-corrected chi connectivity index (χ4v) is 4.09. The second kappa shape index (κ2) is 8.08. The molecule has 0 aliphatic heterocycles. The molecule has 138 valence electrons. The molecule has 0 spiro atoms. The van der Waals surface area contributed by atoms with Crippen molar-refractivity contribution < 1.29 is 0 Å². The van der Waals surface area contributed by atoms with Crippen molar-refractivity contribution in [3.63, 3.8) is 0 Å². The van der Waals surface area contributed by atoms with Gasteiger partial charge in [0.25, 0.3) is 5.56 Å². The van der Waals surface area contributed by atoms with Gasteiger partial charge in [0.05, 0.1) is 10.2 Å². The molecule has 0 radical (unpaired) electrons. The van der Waals surface area contributed by atoms with E-state index in [4.69, 9.17) is 0 Å². The highest BCUT2D eigenvalue weighted by Crippen LogP contribution is 2.13. The molecule has 5 heteroatoms. The molecule has 4 nitrogen and oxygen atoms in total. The summed E-state index contributed by atoms with van der Waals surface area (Å²) in [7, 11) is 0. The van der Waals surface area contributed by atoms with E-state index < -0.39 is 0 Å². The molecule has 0 amide bonds. The average Bonchev–Trinajstić information content (AvgIpc) is 3.00. The number of aryl methyl sites for hydroxylation is 3. The van der Waals surface area contributed by atoms with Gasteiger partial charge >= 0.3 is 0 Å². The van der Waals surface area contributed by atoms with Gasteiger partial charge in [-0.3, -0.25) is 9.36 Å². The largest absolute Gasteiger partial charge is 0.273 e. The molecule has 0 unspecified atom stereocenters. The SMILES string of the molecule is CCc1ccc(/C=c2/sc(=C(C#N)C#N)n(-c3ccc(C)cc3C)c2=O)cc1. The summed E-state index contributed by atoms with van der Waals surface area (Å²) >= 11 is 1.17. The maximum absolute atomic E-state index is 13.2. The van der Waals surface area contributed by atoms with Gasteiger partial charge in [-0.05, 0) is 49.1 Å². The third kappa shape index (κ3) is 3.67. The highest BCUT2D eigenvalue weighted by molar-refractivity contribution is 7.07. The first-order chi connectivity index (χ1) is 13.5. The molecule has 3 aromatic rings. The van der Waals surface area contributed by atoms with Crippen LogP contribution < -0.4 is 14.8 Å². The van der Waals surface area contributed by atoms with Crippen LogP contribution in [0.2, 0.25) is 0 Å². The fourth-order valence-electron chi connectivity index (χ4n) is 3.05. The smallest absolute Gasteiger partial charge is 0.267 e. The van der Waals surface area contributed by atoms with Crippen LogP contribution in [0.15, 0.2) is 47.3 Å². The summed E-state index contributed by atoms with van der Waals surface area (Å²) in [5.74, 6) is 0. The maximum Gasteiger partial charge on any atom is 0.273 e. The highest BCUT2D eigenvalue weighted by Gasteiger charge is 2.13. The van der Waals surface area contributed by atoms with Gasteiger partial charge in [-0.2, -0.15) is 10.5 Å². The van der Waals surface area contributed by atoms with Crippen molar-refractivity contribution in [2.45, 2.75) is 27.2 Å². The van der Waals surface area contributed by atoms with Gasteiger partial charge in [0.1, 0.15) is 16.8 Å². The van der Waals surface area contributed by atoms with Crippen molar-refractivity contribution in [2.24, 2.45) is 0 Å². The maximum atomic E-state index is 13.2. The topological polar surface area (TPSA) is 69.6 Å². The monoisotopic (exact) mass is 385 g/mol. The Bertz CT molecular complexity index is 1280. The molecule has 0 saturated heterocycles. The molecule has 28 heavy (non-hydrogen) atoms. The van der Waals surface area contributed by atoms with Crippen LogP contribution >= 0.6 is 11.3 Å². The number of nitriles is 2. The van der Waals surface area contributed by atoms with Crippen molar-refractivity contribution in [3.8, 4) is 17.8 Å². The molecule has 0 atom stereocenters. The van der Waals surface area contributed by atoms with Gasteiger partial charge < -0.3 is 0 Å². The Morgan fingerprint density at radius 2 is 1.79 bits per heavy atom. The van der Waals surface area contributed by atoms with E-state index in [0.717, 1.165) is 23.1 Å². The first-order valence-electron chi connectivity index (χ1n) is 8.93. The standard InChI is InChI=1S/C23H19N3OS/c1-4-17-6-8-18(9-7-17)12-21-22(27)26(23(28-21)19(13-24)14-25)20-10-5-15(2)11-16(20)3/h5-12H,4H2,1-3H3/b21-12+. The number of hydrogen-bond donors (Lipinski definition) is 0. The van der Waals surface area contributed by atoms with Crippen molar-refractivity contribution in [1.82, 2.24) is 4.57 Å². The van der Waals surface area contributed by atoms with Crippen LogP contribution in [0, 0.1) is 36.5 Å². The minimum atomic E-state index is -0.227. The molecule has 0 aliphatic carbocycles. The van der Waals surface area contributed by atoms with Crippen LogP contribution in [0.1, 0.15) is 29.2 Å². The highest BCUT2D eigenvalue weighted by atomic mass is 32.1. The van der Waals surface area contributed by atoms with E-state index in [0.29, 0.717) is 14.9 Å². The van der Waals surface area contributed by atoms with Crippen LogP contribution in [0.3, 0.4) is 0 Å². The third-order valence-electron chi connectivity index (χ3n) is 4.54. The zero-order valence-electron chi connectivity index (χ0n) is 16.0. The van der Waals surface area contributed by atoms with E-state index in [1.165, 1.54) is 21.5 Å². The molecule has 1 heterocycles. The van der Waals surface area contributed by atoms with Crippen molar-refractivity contribution in [1.29, 1.82) is 10.5 Å². The van der Waals surface area contributed by atoms with Gasteiger partial charge in [0, 0.05) is 0 Å². The number of aromatic nitrogens is 1. The lowest BCUT2D eigenvalue weighted by molar-refractivity contribution is 0.973. The zero-order valence-corrected chi connectivity index (χ0v) is 16.8. The van der Waals surface area contributed by atoms with E-state index in [1.807, 2.05) is 74.5 Å². The summed E-state index contributed by atoms with van der Waals surface area (Å²) in [6.45, 7) is 5.99. The lowest BCUT2D eigenvalue weighted by Gasteiger charge is -2.07. The normalized spacial score (nSPS) is 11.1. The quantitative estimate of drug-likeness (QED) is 0.696. The molecule has 0 N–H and O–H groups in total. The second-order valence-corrected chi connectivity index (χ2v) is 7.57. The summed E-state index contributed by atoms with van der Waals surface area (Å²) < 4.78 is 2.33. The Balaban J connectivity index is 2.35. The van der Waals surface area contributed by atoms with Crippen LogP contribution in [-0.2, 0) is 6.42 Å². The van der Waals surface area contributed by atoms with Crippen molar-refractivity contribution >= 4 is 23.0 Å². The van der Waals surface area contributed by atoms with Crippen LogP contribution in [-0.4, -0.2) is 4.57 Å². The van der Waals surface area contributed by atoms with Gasteiger partial charge in [-0.1, -0.05) is 48.9 Å². The summed E-state index contributed by atoms with van der Waals surface area (Å²) in [5.41, 5.74) is 4.52. The van der Waals surface area contributed by atoms with E-state index in [9.17, 15) is 15.3 Å². The molecule has 3 rings (SSSR count). The number of benzene rings is 2. The van der Waals surface area contributed by atoms with Crippen LogP contribution in [0.4, 0.5) is 0 Å². The summed E-state index contributed by atoms with van der Waals surface area (Å²) in [6, 6.07) is 17.6. The first-order valence-corrected chi connectivity index (χ1v) is 9.74. The summed E-state index contributed by atoms with van der Waals surface area (Å²) in [5, 5.41) is 18.8. The average molecular weight is 385 g/mol. The van der Waals surface area contributed by atoms with Gasteiger partial charge in [-0.25, -0.2) is 0 Å². The number of hydrogen-bond acceptors (Lipinski definition) is 4. The van der Waals surface area contributed by atoms with Crippen LogP contribution in [0.5, 0.6) is 0 Å². The van der Waals surface area contributed by atoms with Crippen molar-refractivity contribution in [3.05, 3.63) is 84.3 Å².